The number of likely N-dealkylation sites (tertiary alicyclic amines) is 1. The molecule has 1 saturated heterocycles. The SMILES string of the molecule is COC(=O)C1CC(O)CN1[C]=O. The van der Waals surface area contributed by atoms with Crippen molar-refractivity contribution in [1.82, 2.24) is 4.90 Å². The highest BCUT2D eigenvalue weighted by atomic mass is 16.5. The minimum absolute atomic E-state index is 0.156. The maximum atomic E-state index is 11.0. The Morgan fingerprint density at radius 1 is 1.75 bits per heavy atom. The number of aliphatic hydroxyl groups excluding tert-OH is 1. The lowest BCUT2D eigenvalue weighted by molar-refractivity contribution is -0.144. The van der Waals surface area contributed by atoms with Crippen molar-refractivity contribution < 1.29 is 19.4 Å². The normalized spacial score (nSPS) is 28.7. The van der Waals surface area contributed by atoms with E-state index < -0.39 is 18.1 Å². The maximum Gasteiger partial charge on any atom is 0.328 e. The van der Waals surface area contributed by atoms with Gasteiger partial charge in [-0.1, -0.05) is 0 Å². The van der Waals surface area contributed by atoms with E-state index >= 15 is 0 Å². The van der Waals surface area contributed by atoms with Crippen LogP contribution in [-0.4, -0.2) is 48.2 Å². The van der Waals surface area contributed by atoms with E-state index in [-0.39, 0.29) is 13.0 Å². The van der Waals surface area contributed by atoms with Crippen molar-refractivity contribution in [1.29, 1.82) is 0 Å². The zero-order valence-corrected chi connectivity index (χ0v) is 6.69. The number of carbonyl (C=O) groups is 1. The fourth-order valence-electron chi connectivity index (χ4n) is 1.27. The predicted molar refractivity (Wildman–Crippen MR) is 38.8 cm³/mol. The number of hydrogen-bond donors (Lipinski definition) is 1. The maximum absolute atomic E-state index is 11.0. The molecule has 0 bridgehead atoms. The van der Waals surface area contributed by atoms with E-state index in [1.54, 1.807) is 6.41 Å². The first-order chi connectivity index (χ1) is 5.69. The summed E-state index contributed by atoms with van der Waals surface area (Å²) in [6.07, 6.45) is 1.18. The summed E-state index contributed by atoms with van der Waals surface area (Å²) in [4.78, 5) is 22.4. The fourth-order valence-corrected chi connectivity index (χ4v) is 1.27. The second kappa shape index (κ2) is 3.53. The molecule has 5 heteroatoms. The second-order valence-electron chi connectivity index (χ2n) is 2.67. The van der Waals surface area contributed by atoms with E-state index in [2.05, 4.69) is 4.74 Å². The molecular formula is C7H10NO4. The lowest BCUT2D eigenvalue weighted by Gasteiger charge is -2.14. The van der Waals surface area contributed by atoms with E-state index in [1.807, 2.05) is 0 Å². The Hall–Kier alpha value is -1.10. The second-order valence-corrected chi connectivity index (χ2v) is 2.67. The molecular weight excluding hydrogens is 162 g/mol. The van der Waals surface area contributed by atoms with Crippen LogP contribution in [0.25, 0.3) is 0 Å². The van der Waals surface area contributed by atoms with E-state index in [9.17, 15) is 9.59 Å². The van der Waals surface area contributed by atoms with Crippen LogP contribution in [0.2, 0.25) is 0 Å². The first-order valence-electron chi connectivity index (χ1n) is 3.59. The number of nitrogens with zero attached hydrogens (tertiary/aromatic N) is 1. The third-order valence-electron chi connectivity index (χ3n) is 1.87. The number of aliphatic hydroxyl groups is 1. The zero-order valence-electron chi connectivity index (χ0n) is 6.69. The Kier molecular flexibility index (Phi) is 2.65. The monoisotopic (exact) mass is 172 g/mol. The van der Waals surface area contributed by atoms with Crippen LogP contribution < -0.4 is 0 Å². The first kappa shape index (κ1) is 8.99. The number of hydrogen-bond acceptors (Lipinski definition) is 4. The minimum atomic E-state index is -0.664. The fraction of sp³-hybridized carbons (Fsp3) is 0.714. The lowest BCUT2D eigenvalue weighted by atomic mass is 10.2. The number of carbonyl (C=O) groups excluding carboxylic acids is 2. The molecule has 0 aromatic carbocycles. The third kappa shape index (κ3) is 1.55. The van der Waals surface area contributed by atoms with Gasteiger partial charge in [-0.05, 0) is 0 Å². The highest BCUT2D eigenvalue weighted by Gasteiger charge is 2.36. The van der Waals surface area contributed by atoms with E-state index in [1.165, 1.54) is 7.11 Å². The van der Waals surface area contributed by atoms with Crippen LogP contribution in [0.15, 0.2) is 0 Å². The van der Waals surface area contributed by atoms with Crippen molar-refractivity contribution in [3.63, 3.8) is 0 Å². The van der Waals surface area contributed by atoms with Crippen LogP contribution in [0.3, 0.4) is 0 Å². The predicted octanol–water partition coefficient (Wildman–Crippen LogP) is -1.34. The van der Waals surface area contributed by atoms with Gasteiger partial charge in [-0.3, -0.25) is 4.79 Å². The standard InChI is InChI=1S/C7H10NO4/c1-12-7(11)6-2-5(10)3-8(6)4-9/h5-6,10H,2-3H2,1H3. The molecule has 1 radical (unpaired) electrons. The molecule has 1 aliphatic heterocycles. The average molecular weight is 172 g/mol. The van der Waals surface area contributed by atoms with Crippen LogP contribution in [0.1, 0.15) is 6.42 Å². The quantitative estimate of drug-likeness (QED) is 0.523. The number of ether oxygens (including phenoxy) is 1. The van der Waals surface area contributed by atoms with Gasteiger partial charge in [0, 0.05) is 13.0 Å². The minimum Gasteiger partial charge on any atom is -0.467 e. The van der Waals surface area contributed by atoms with E-state index in [0.29, 0.717) is 0 Å². The molecule has 0 aromatic heterocycles. The van der Waals surface area contributed by atoms with E-state index in [0.717, 1.165) is 4.90 Å². The van der Waals surface area contributed by atoms with Gasteiger partial charge in [0.05, 0.1) is 13.2 Å². The molecule has 1 heterocycles. The number of amides is 1. The molecule has 0 spiro atoms. The smallest absolute Gasteiger partial charge is 0.328 e. The molecule has 67 valence electrons. The summed E-state index contributed by atoms with van der Waals surface area (Å²) in [5.74, 6) is -0.505. The summed E-state index contributed by atoms with van der Waals surface area (Å²) in [5.41, 5.74) is 0. The van der Waals surface area contributed by atoms with Crippen LogP contribution in [0, 0.1) is 0 Å². The van der Waals surface area contributed by atoms with Gasteiger partial charge in [0.25, 0.3) is 0 Å². The third-order valence-corrected chi connectivity index (χ3v) is 1.87. The van der Waals surface area contributed by atoms with Gasteiger partial charge in [-0.2, -0.15) is 0 Å². The number of rotatable bonds is 2. The van der Waals surface area contributed by atoms with Crippen LogP contribution in [-0.2, 0) is 14.3 Å². The molecule has 1 fully saturated rings. The van der Waals surface area contributed by atoms with Crippen LogP contribution >= 0.6 is 0 Å². The zero-order chi connectivity index (χ0) is 9.14. The molecule has 1 aliphatic rings. The van der Waals surface area contributed by atoms with Crippen molar-refractivity contribution in [2.24, 2.45) is 0 Å². The molecule has 0 aliphatic carbocycles. The molecule has 5 nitrogen and oxygen atoms in total. The topological polar surface area (TPSA) is 66.8 Å². The first-order valence-corrected chi connectivity index (χ1v) is 3.59. The summed E-state index contributed by atoms with van der Waals surface area (Å²) in [7, 11) is 1.25. The highest BCUT2D eigenvalue weighted by molar-refractivity contribution is 5.78. The van der Waals surface area contributed by atoms with Gasteiger partial charge in [-0.25, -0.2) is 4.79 Å². The van der Waals surface area contributed by atoms with Gasteiger partial charge in [-0.15, -0.1) is 0 Å². The van der Waals surface area contributed by atoms with Crippen molar-refractivity contribution in [3.05, 3.63) is 0 Å². The number of esters is 1. The summed E-state index contributed by atoms with van der Waals surface area (Å²) < 4.78 is 4.44. The summed E-state index contributed by atoms with van der Waals surface area (Å²) >= 11 is 0. The van der Waals surface area contributed by atoms with E-state index in [4.69, 9.17) is 5.11 Å². The van der Waals surface area contributed by atoms with Crippen molar-refractivity contribution in [3.8, 4) is 0 Å². The Morgan fingerprint density at radius 3 is 2.92 bits per heavy atom. The molecule has 12 heavy (non-hydrogen) atoms. The summed E-state index contributed by atoms with van der Waals surface area (Å²) in [6.45, 7) is 0.156. The highest BCUT2D eigenvalue weighted by Crippen LogP contribution is 2.16. The lowest BCUT2D eigenvalue weighted by Crippen LogP contribution is -2.35. The van der Waals surface area contributed by atoms with Gasteiger partial charge in [0.2, 0.25) is 0 Å². The number of methoxy groups -OCH3 is 1. The largest absolute Gasteiger partial charge is 0.467 e. The Balaban J connectivity index is 2.63. The molecule has 2 unspecified atom stereocenters. The van der Waals surface area contributed by atoms with Crippen LogP contribution in [0.5, 0.6) is 0 Å². The number of β-amino-alcohol motifs (C(OH)–C–C–N with tert-alkyl or cyclic N) is 1. The average Bonchev–Trinajstić information content (AvgIpc) is 2.45. The summed E-state index contributed by atoms with van der Waals surface area (Å²) in [6, 6.07) is -0.664. The van der Waals surface area contributed by atoms with Gasteiger partial charge >= 0.3 is 12.4 Å². The van der Waals surface area contributed by atoms with Gasteiger partial charge in [0.1, 0.15) is 6.04 Å². The van der Waals surface area contributed by atoms with Crippen molar-refractivity contribution in [2.75, 3.05) is 13.7 Å². The Labute approximate surface area is 69.9 Å². The molecule has 1 amide bonds. The summed E-state index contributed by atoms with van der Waals surface area (Å²) in [5, 5.41) is 9.12. The molecule has 0 saturated carbocycles. The molecule has 2 atom stereocenters. The van der Waals surface area contributed by atoms with Crippen molar-refractivity contribution >= 4 is 12.4 Å². The molecule has 1 rings (SSSR count). The molecule has 1 N–H and O–H groups in total. The van der Waals surface area contributed by atoms with Crippen LogP contribution in [0.4, 0.5) is 0 Å². The molecule has 0 aromatic rings. The Bertz CT molecular complexity index is 194. The van der Waals surface area contributed by atoms with Crippen molar-refractivity contribution in [2.45, 2.75) is 18.6 Å². The van der Waals surface area contributed by atoms with Gasteiger partial charge < -0.3 is 14.7 Å². The Morgan fingerprint density at radius 2 is 2.42 bits per heavy atom. The van der Waals surface area contributed by atoms with Gasteiger partial charge in [0.15, 0.2) is 0 Å².